The minimum Gasteiger partial charge on any atom is -0.507 e. The molecule has 0 amide bonds. The van der Waals surface area contributed by atoms with E-state index in [9.17, 15) is 5.11 Å². The molecule has 0 aliphatic rings. The highest BCUT2D eigenvalue weighted by Gasteiger charge is 2.09. The fourth-order valence-corrected chi connectivity index (χ4v) is 1.79. The van der Waals surface area contributed by atoms with Gasteiger partial charge in [0.05, 0.1) is 10.6 Å². The monoisotopic (exact) mass is 245 g/mol. The molecule has 1 aromatic carbocycles. The Hall–Kier alpha value is -2.07. The number of phenolic OH excluding ortho intramolecular Hbond substituents is 1. The number of para-hydroxylation sites is 1. The van der Waals surface area contributed by atoms with Crippen molar-refractivity contribution in [2.24, 2.45) is 0 Å². The van der Waals surface area contributed by atoms with Crippen LogP contribution in [0.4, 0.5) is 0 Å². The molecule has 3 rings (SSSR count). The lowest BCUT2D eigenvalue weighted by atomic mass is 10.2. The van der Waals surface area contributed by atoms with Gasteiger partial charge in [0.2, 0.25) is 0 Å². The molecule has 4 nitrogen and oxygen atoms in total. The van der Waals surface area contributed by atoms with Crippen LogP contribution in [0.15, 0.2) is 42.6 Å². The third-order valence-corrected chi connectivity index (χ3v) is 2.66. The number of hydrogen-bond donors (Lipinski definition) is 1. The Morgan fingerprint density at radius 2 is 1.94 bits per heavy atom. The molecule has 3 aromatic rings. The molecule has 0 atom stereocenters. The normalized spacial score (nSPS) is 10.9. The number of phenols is 1. The summed E-state index contributed by atoms with van der Waals surface area (Å²) in [6.07, 6.45) is 1.67. The third-order valence-electron chi connectivity index (χ3n) is 2.44. The third kappa shape index (κ3) is 1.72. The Bertz CT molecular complexity index is 693. The van der Waals surface area contributed by atoms with Gasteiger partial charge in [-0.1, -0.05) is 23.7 Å². The maximum atomic E-state index is 9.73. The summed E-state index contributed by atoms with van der Waals surface area (Å²) in [5, 5.41) is 14.6. The van der Waals surface area contributed by atoms with E-state index in [4.69, 9.17) is 11.6 Å². The molecular formula is C12H8ClN3O. The van der Waals surface area contributed by atoms with E-state index >= 15 is 0 Å². The van der Waals surface area contributed by atoms with E-state index in [1.54, 1.807) is 41.0 Å². The zero-order chi connectivity index (χ0) is 11.8. The first-order valence-electron chi connectivity index (χ1n) is 5.04. The second-order valence-electron chi connectivity index (χ2n) is 3.60. The molecule has 17 heavy (non-hydrogen) atoms. The second kappa shape index (κ2) is 3.75. The van der Waals surface area contributed by atoms with Crippen molar-refractivity contribution in [3.8, 4) is 17.1 Å². The van der Waals surface area contributed by atoms with E-state index in [2.05, 4.69) is 10.1 Å². The molecule has 0 saturated heterocycles. The molecule has 0 saturated carbocycles. The van der Waals surface area contributed by atoms with Crippen LogP contribution in [0.5, 0.6) is 5.75 Å². The highest BCUT2D eigenvalue weighted by molar-refractivity contribution is 6.30. The van der Waals surface area contributed by atoms with Gasteiger partial charge in [-0.05, 0) is 24.3 Å². The first kappa shape index (κ1) is 10.1. The molecule has 0 fully saturated rings. The van der Waals surface area contributed by atoms with Crippen LogP contribution in [0.2, 0.25) is 5.02 Å². The molecule has 2 heterocycles. The van der Waals surface area contributed by atoms with Gasteiger partial charge < -0.3 is 5.11 Å². The summed E-state index contributed by atoms with van der Waals surface area (Å²) < 4.78 is 1.59. The van der Waals surface area contributed by atoms with E-state index in [1.165, 1.54) is 0 Å². The lowest BCUT2D eigenvalue weighted by molar-refractivity contribution is 0.477. The van der Waals surface area contributed by atoms with Gasteiger partial charge in [0.25, 0.3) is 0 Å². The average Bonchev–Trinajstić information content (AvgIpc) is 2.72. The van der Waals surface area contributed by atoms with E-state index in [-0.39, 0.29) is 5.75 Å². The van der Waals surface area contributed by atoms with Gasteiger partial charge in [-0.3, -0.25) is 0 Å². The number of aromatic hydroxyl groups is 1. The molecule has 0 aliphatic heterocycles. The number of benzene rings is 1. The SMILES string of the molecule is Oc1ccccc1-c1nc2ccc(Cl)cn2n1. The van der Waals surface area contributed by atoms with Gasteiger partial charge in [-0.2, -0.15) is 0 Å². The van der Waals surface area contributed by atoms with Gasteiger partial charge in [0, 0.05) is 6.20 Å². The van der Waals surface area contributed by atoms with Crippen molar-refractivity contribution in [1.82, 2.24) is 14.6 Å². The summed E-state index contributed by atoms with van der Waals surface area (Å²) >= 11 is 5.87. The number of nitrogens with zero attached hydrogens (tertiary/aromatic N) is 3. The van der Waals surface area contributed by atoms with Crippen molar-refractivity contribution in [3.05, 3.63) is 47.6 Å². The molecule has 0 spiro atoms. The van der Waals surface area contributed by atoms with Gasteiger partial charge >= 0.3 is 0 Å². The van der Waals surface area contributed by atoms with Gasteiger partial charge in [-0.25, -0.2) is 9.50 Å². The maximum absolute atomic E-state index is 9.73. The quantitative estimate of drug-likeness (QED) is 0.717. The summed E-state index contributed by atoms with van der Waals surface area (Å²) in [7, 11) is 0. The Labute approximate surface area is 102 Å². The van der Waals surface area contributed by atoms with E-state index in [1.807, 2.05) is 6.07 Å². The summed E-state index contributed by atoms with van der Waals surface area (Å²) in [5.41, 5.74) is 1.29. The van der Waals surface area contributed by atoms with E-state index < -0.39 is 0 Å². The zero-order valence-electron chi connectivity index (χ0n) is 8.71. The number of rotatable bonds is 1. The molecule has 1 N–H and O–H groups in total. The summed E-state index contributed by atoms with van der Waals surface area (Å²) in [4.78, 5) is 4.32. The van der Waals surface area contributed by atoms with E-state index in [0.29, 0.717) is 22.1 Å². The van der Waals surface area contributed by atoms with Crippen molar-refractivity contribution < 1.29 is 5.11 Å². The topological polar surface area (TPSA) is 50.4 Å². The molecule has 0 radical (unpaired) electrons. The van der Waals surface area contributed by atoms with Crippen LogP contribution < -0.4 is 0 Å². The van der Waals surface area contributed by atoms with Crippen LogP contribution >= 0.6 is 11.6 Å². The van der Waals surface area contributed by atoms with Crippen molar-refractivity contribution in [2.75, 3.05) is 0 Å². The van der Waals surface area contributed by atoms with Gasteiger partial charge in [0.1, 0.15) is 5.75 Å². The number of halogens is 1. The van der Waals surface area contributed by atoms with Crippen LogP contribution in [0.1, 0.15) is 0 Å². The molecule has 5 heteroatoms. The van der Waals surface area contributed by atoms with Gasteiger partial charge in [0.15, 0.2) is 11.5 Å². The predicted octanol–water partition coefficient (Wildman–Crippen LogP) is 2.76. The molecular weight excluding hydrogens is 238 g/mol. The fourth-order valence-electron chi connectivity index (χ4n) is 1.63. The van der Waals surface area contributed by atoms with E-state index in [0.717, 1.165) is 0 Å². The lowest BCUT2D eigenvalue weighted by Crippen LogP contribution is -1.86. The van der Waals surface area contributed by atoms with Crippen molar-refractivity contribution in [1.29, 1.82) is 0 Å². The molecule has 2 aromatic heterocycles. The standard InChI is InChI=1S/C12H8ClN3O/c13-8-5-6-11-14-12(15-16(11)7-8)9-3-1-2-4-10(9)17/h1-7,17H. The van der Waals surface area contributed by atoms with Crippen LogP contribution in [0.25, 0.3) is 17.0 Å². The molecule has 84 valence electrons. The molecule has 0 bridgehead atoms. The molecule has 0 aliphatic carbocycles. The average molecular weight is 246 g/mol. The highest BCUT2D eigenvalue weighted by atomic mass is 35.5. The van der Waals surface area contributed by atoms with Crippen LogP contribution in [-0.4, -0.2) is 19.7 Å². The smallest absolute Gasteiger partial charge is 0.185 e. The predicted molar refractivity (Wildman–Crippen MR) is 65.1 cm³/mol. The second-order valence-corrected chi connectivity index (χ2v) is 4.04. The minimum absolute atomic E-state index is 0.162. The first-order valence-corrected chi connectivity index (χ1v) is 5.42. The number of fused-ring (bicyclic) bond motifs is 1. The Morgan fingerprint density at radius 1 is 1.12 bits per heavy atom. The fraction of sp³-hybridized carbons (Fsp3) is 0. The zero-order valence-corrected chi connectivity index (χ0v) is 9.46. The lowest BCUT2D eigenvalue weighted by Gasteiger charge is -1.97. The number of aromatic nitrogens is 3. The highest BCUT2D eigenvalue weighted by Crippen LogP contribution is 2.26. The molecule has 0 unspecified atom stereocenters. The number of hydrogen-bond acceptors (Lipinski definition) is 3. The number of pyridine rings is 1. The Balaban J connectivity index is 2.22. The van der Waals surface area contributed by atoms with Crippen LogP contribution in [0.3, 0.4) is 0 Å². The largest absolute Gasteiger partial charge is 0.507 e. The van der Waals surface area contributed by atoms with Crippen molar-refractivity contribution in [2.45, 2.75) is 0 Å². The van der Waals surface area contributed by atoms with Crippen molar-refractivity contribution >= 4 is 17.2 Å². The van der Waals surface area contributed by atoms with Crippen LogP contribution in [-0.2, 0) is 0 Å². The Kier molecular flexibility index (Phi) is 2.23. The summed E-state index contributed by atoms with van der Waals surface area (Å²) in [6, 6.07) is 10.5. The first-order chi connectivity index (χ1) is 8.24. The van der Waals surface area contributed by atoms with Gasteiger partial charge in [-0.15, -0.1) is 5.10 Å². The van der Waals surface area contributed by atoms with Crippen molar-refractivity contribution in [3.63, 3.8) is 0 Å². The Morgan fingerprint density at radius 3 is 2.76 bits per heavy atom. The summed E-state index contributed by atoms with van der Waals surface area (Å²) in [6.45, 7) is 0. The summed E-state index contributed by atoms with van der Waals surface area (Å²) in [5.74, 6) is 0.639. The minimum atomic E-state index is 0.162. The van der Waals surface area contributed by atoms with Crippen LogP contribution in [0, 0.1) is 0 Å². The maximum Gasteiger partial charge on any atom is 0.185 e.